The topological polar surface area (TPSA) is 88.8 Å². The Morgan fingerprint density at radius 2 is 1.73 bits per heavy atom. The van der Waals surface area contributed by atoms with Crippen molar-refractivity contribution in [3.63, 3.8) is 0 Å². The summed E-state index contributed by atoms with van der Waals surface area (Å²) in [4.78, 5) is 19.0. The van der Waals surface area contributed by atoms with Crippen LogP contribution in [0, 0.1) is 0 Å². The van der Waals surface area contributed by atoms with Crippen LogP contribution in [-0.2, 0) is 0 Å². The van der Waals surface area contributed by atoms with Gasteiger partial charge in [-0.1, -0.05) is 43.5 Å². The van der Waals surface area contributed by atoms with E-state index in [0.29, 0.717) is 23.6 Å². The maximum atomic E-state index is 10.2. The van der Waals surface area contributed by atoms with Crippen molar-refractivity contribution in [2.75, 3.05) is 5.32 Å². The smallest absolute Gasteiger partial charge is 0.224 e. The second kappa shape index (κ2) is 8.16. The van der Waals surface area contributed by atoms with Gasteiger partial charge in [0.05, 0.1) is 16.6 Å². The van der Waals surface area contributed by atoms with Crippen LogP contribution in [0.15, 0.2) is 66.9 Å². The third-order valence-corrected chi connectivity index (χ3v) is 6.27. The largest absolute Gasteiger partial charge is 0.508 e. The first-order valence-corrected chi connectivity index (χ1v) is 11.4. The number of rotatable bonds is 4. The Kier molecular flexibility index (Phi) is 4.87. The zero-order valence-corrected chi connectivity index (χ0v) is 18.1. The Balaban J connectivity index is 1.49. The molecule has 0 aliphatic heterocycles. The van der Waals surface area contributed by atoms with Crippen LogP contribution >= 0.6 is 0 Å². The van der Waals surface area contributed by atoms with Gasteiger partial charge in [-0.25, -0.2) is 15.0 Å². The summed E-state index contributed by atoms with van der Waals surface area (Å²) in [6, 6.07) is 19.5. The van der Waals surface area contributed by atoms with Crippen LogP contribution in [0.1, 0.15) is 32.1 Å². The van der Waals surface area contributed by atoms with Crippen LogP contribution in [0.4, 0.5) is 5.95 Å². The summed E-state index contributed by atoms with van der Waals surface area (Å²) >= 11 is 0. The maximum Gasteiger partial charge on any atom is 0.224 e. The minimum atomic E-state index is 0.177. The molecule has 0 bridgehead atoms. The Labute approximate surface area is 191 Å². The number of hydrogen-bond acceptors (Lipinski definition) is 6. The molecular formula is C26H24N6O. The molecular weight excluding hydrogens is 412 g/mol. The van der Waals surface area contributed by atoms with Gasteiger partial charge >= 0.3 is 0 Å². The van der Waals surface area contributed by atoms with E-state index in [2.05, 4.69) is 16.4 Å². The fraction of sp³-hybridized carbons (Fsp3) is 0.231. The molecule has 7 heteroatoms. The number of anilines is 1. The average molecular weight is 437 g/mol. The SMILES string of the molecule is Oc1ccc2nc(-c3ccc4ccccc4n3)n(-c3ccnc(NC4CCCCC4)n3)c2c1. The molecule has 0 saturated heterocycles. The molecule has 0 atom stereocenters. The number of imidazole rings is 1. The average Bonchev–Trinajstić information content (AvgIpc) is 3.23. The molecule has 0 amide bonds. The summed E-state index contributed by atoms with van der Waals surface area (Å²) in [6.07, 6.45) is 7.82. The molecule has 1 aliphatic carbocycles. The summed E-state index contributed by atoms with van der Waals surface area (Å²) in [7, 11) is 0. The van der Waals surface area contributed by atoms with Gasteiger partial charge in [-0.05, 0) is 43.2 Å². The van der Waals surface area contributed by atoms with Crippen molar-refractivity contribution in [2.45, 2.75) is 38.1 Å². The van der Waals surface area contributed by atoms with Gasteiger partial charge in [0.15, 0.2) is 5.82 Å². The van der Waals surface area contributed by atoms with E-state index >= 15 is 0 Å². The van der Waals surface area contributed by atoms with Gasteiger partial charge in [0.1, 0.15) is 17.3 Å². The number of para-hydroxylation sites is 1. The number of nitrogens with one attached hydrogen (secondary N) is 1. The molecule has 1 saturated carbocycles. The maximum absolute atomic E-state index is 10.2. The van der Waals surface area contributed by atoms with Gasteiger partial charge in [0.2, 0.25) is 5.95 Å². The normalized spacial score (nSPS) is 14.7. The fourth-order valence-electron chi connectivity index (χ4n) is 4.63. The van der Waals surface area contributed by atoms with Gasteiger partial charge in [-0.3, -0.25) is 4.57 Å². The highest BCUT2D eigenvalue weighted by atomic mass is 16.3. The number of aromatic nitrogens is 5. The highest BCUT2D eigenvalue weighted by molar-refractivity contribution is 5.85. The molecule has 1 aliphatic rings. The molecule has 1 fully saturated rings. The molecule has 0 spiro atoms. The van der Waals surface area contributed by atoms with Crippen LogP contribution in [0.3, 0.4) is 0 Å². The second-order valence-electron chi connectivity index (χ2n) is 8.55. The summed E-state index contributed by atoms with van der Waals surface area (Å²) in [5.74, 6) is 2.14. The summed E-state index contributed by atoms with van der Waals surface area (Å²) < 4.78 is 1.94. The number of phenolic OH excluding ortho intramolecular Hbond substituents is 1. The Morgan fingerprint density at radius 1 is 0.848 bits per heavy atom. The molecule has 3 aromatic heterocycles. The third kappa shape index (κ3) is 3.75. The third-order valence-electron chi connectivity index (χ3n) is 6.27. The Bertz CT molecular complexity index is 1450. The van der Waals surface area contributed by atoms with Gasteiger partial charge in [-0.2, -0.15) is 4.98 Å². The minimum Gasteiger partial charge on any atom is -0.508 e. The van der Waals surface area contributed by atoms with Crippen LogP contribution in [0.25, 0.3) is 39.3 Å². The molecule has 33 heavy (non-hydrogen) atoms. The molecule has 164 valence electrons. The van der Waals surface area contributed by atoms with Crippen molar-refractivity contribution in [2.24, 2.45) is 0 Å². The van der Waals surface area contributed by atoms with E-state index in [1.807, 2.05) is 47.0 Å². The molecule has 5 aromatic rings. The van der Waals surface area contributed by atoms with Gasteiger partial charge in [-0.15, -0.1) is 0 Å². The van der Waals surface area contributed by atoms with Crippen LogP contribution in [0.2, 0.25) is 0 Å². The van der Waals surface area contributed by atoms with Crippen molar-refractivity contribution >= 4 is 27.9 Å². The van der Waals surface area contributed by atoms with Crippen LogP contribution in [-0.4, -0.2) is 35.7 Å². The van der Waals surface area contributed by atoms with Gasteiger partial charge in [0, 0.05) is 23.7 Å². The van der Waals surface area contributed by atoms with Crippen molar-refractivity contribution < 1.29 is 5.11 Å². The zero-order chi connectivity index (χ0) is 22.2. The number of fused-ring (bicyclic) bond motifs is 2. The van der Waals surface area contributed by atoms with E-state index in [0.717, 1.165) is 40.5 Å². The summed E-state index contributed by atoms with van der Waals surface area (Å²) in [6.45, 7) is 0. The van der Waals surface area contributed by atoms with E-state index in [4.69, 9.17) is 15.0 Å². The number of nitrogens with zero attached hydrogens (tertiary/aromatic N) is 5. The predicted molar refractivity (Wildman–Crippen MR) is 130 cm³/mol. The summed E-state index contributed by atoms with van der Waals surface area (Å²) in [5, 5.41) is 14.8. The lowest BCUT2D eigenvalue weighted by Gasteiger charge is -2.22. The van der Waals surface area contributed by atoms with E-state index < -0.39 is 0 Å². The highest BCUT2D eigenvalue weighted by Gasteiger charge is 2.19. The monoisotopic (exact) mass is 436 g/mol. The molecule has 2 N–H and O–H groups in total. The molecule has 6 rings (SSSR count). The quantitative estimate of drug-likeness (QED) is 0.388. The summed E-state index contributed by atoms with van der Waals surface area (Å²) in [5.41, 5.74) is 3.17. The number of benzene rings is 2. The standard InChI is InChI=1S/C26H24N6O/c33-19-11-13-21-23(16-19)32(24-14-15-27-26(31-24)28-18-7-2-1-3-8-18)25(30-21)22-12-10-17-6-4-5-9-20(17)29-22/h4-6,9-16,18,33H,1-3,7-8H2,(H,27,28,31). The van der Waals surface area contributed by atoms with Crippen molar-refractivity contribution in [3.8, 4) is 23.1 Å². The van der Waals surface area contributed by atoms with Crippen LogP contribution in [0.5, 0.6) is 5.75 Å². The highest BCUT2D eigenvalue weighted by Crippen LogP contribution is 2.30. The molecule has 2 aromatic carbocycles. The minimum absolute atomic E-state index is 0.177. The first-order valence-electron chi connectivity index (χ1n) is 11.4. The van der Waals surface area contributed by atoms with Crippen molar-refractivity contribution in [1.29, 1.82) is 0 Å². The lowest BCUT2D eigenvalue weighted by atomic mass is 9.96. The first-order chi connectivity index (χ1) is 16.2. The zero-order valence-electron chi connectivity index (χ0n) is 18.1. The lowest BCUT2D eigenvalue weighted by molar-refractivity contribution is 0.461. The van der Waals surface area contributed by atoms with E-state index in [-0.39, 0.29) is 5.75 Å². The molecule has 0 unspecified atom stereocenters. The molecule has 3 heterocycles. The van der Waals surface area contributed by atoms with E-state index in [1.165, 1.54) is 19.3 Å². The lowest BCUT2D eigenvalue weighted by Crippen LogP contribution is -2.23. The molecule has 7 nitrogen and oxygen atoms in total. The number of hydrogen-bond donors (Lipinski definition) is 2. The number of pyridine rings is 1. The Hall–Kier alpha value is -4.00. The Morgan fingerprint density at radius 3 is 2.64 bits per heavy atom. The number of aromatic hydroxyl groups is 1. The van der Waals surface area contributed by atoms with Crippen molar-refractivity contribution in [1.82, 2.24) is 24.5 Å². The first kappa shape index (κ1) is 19.7. The van der Waals surface area contributed by atoms with E-state index in [1.54, 1.807) is 18.3 Å². The van der Waals surface area contributed by atoms with Gasteiger partial charge < -0.3 is 10.4 Å². The second-order valence-corrected chi connectivity index (χ2v) is 8.55. The number of phenols is 1. The predicted octanol–water partition coefficient (Wildman–Crippen LogP) is 5.48. The van der Waals surface area contributed by atoms with E-state index in [9.17, 15) is 5.11 Å². The fourth-order valence-corrected chi connectivity index (χ4v) is 4.63. The van der Waals surface area contributed by atoms with Crippen LogP contribution < -0.4 is 5.32 Å². The van der Waals surface area contributed by atoms with Gasteiger partial charge in [0.25, 0.3) is 0 Å². The van der Waals surface area contributed by atoms with Crippen molar-refractivity contribution in [3.05, 3.63) is 66.9 Å². The molecule has 0 radical (unpaired) electrons.